The van der Waals surface area contributed by atoms with Gasteiger partial charge in [-0.2, -0.15) is 5.10 Å². The van der Waals surface area contributed by atoms with Crippen LogP contribution in [0.4, 0.5) is 4.39 Å². The van der Waals surface area contributed by atoms with E-state index < -0.39 is 11.4 Å². The number of amides is 1. The van der Waals surface area contributed by atoms with Gasteiger partial charge in [0.05, 0.1) is 21.9 Å². The van der Waals surface area contributed by atoms with Crippen LogP contribution in [0.25, 0.3) is 5.82 Å². The van der Waals surface area contributed by atoms with Gasteiger partial charge in [0.15, 0.2) is 17.3 Å². The Morgan fingerprint density at radius 3 is 2.87 bits per heavy atom. The Morgan fingerprint density at radius 1 is 1.30 bits per heavy atom. The predicted molar refractivity (Wildman–Crippen MR) is 108 cm³/mol. The molecule has 6 nitrogen and oxygen atoms in total. The van der Waals surface area contributed by atoms with Gasteiger partial charge in [-0.15, -0.1) is 0 Å². The maximum atomic E-state index is 14.6. The van der Waals surface area contributed by atoms with Crippen molar-refractivity contribution in [1.82, 2.24) is 25.1 Å². The molecule has 0 saturated heterocycles. The fraction of sp³-hybridized carbons (Fsp3) is 0.364. The highest BCUT2D eigenvalue weighted by Crippen LogP contribution is 2.57. The first-order chi connectivity index (χ1) is 14.6. The standard InChI is InChI=1S/C22H19ClFN5O/c23-13-10-16(24)20(26-11-13)29-19-14-8-12(14)9-15(19)18(28-29)21(30)27-22(5-3-6-22)17-4-1-2-7-25-17/h1-2,4,7,10-12,14H,3,5-6,8-9H2,(H,27,30)/t12-,14-/m1/s1. The average molecular weight is 424 g/mol. The Kier molecular flexibility index (Phi) is 3.81. The fourth-order valence-electron chi connectivity index (χ4n) is 4.92. The molecule has 2 fully saturated rings. The summed E-state index contributed by atoms with van der Waals surface area (Å²) in [7, 11) is 0. The quantitative estimate of drug-likeness (QED) is 0.690. The summed E-state index contributed by atoms with van der Waals surface area (Å²) < 4.78 is 16.1. The summed E-state index contributed by atoms with van der Waals surface area (Å²) in [5.41, 5.74) is 2.62. The minimum Gasteiger partial charge on any atom is -0.340 e. The maximum absolute atomic E-state index is 14.6. The topological polar surface area (TPSA) is 72.7 Å². The molecule has 0 aromatic carbocycles. The van der Waals surface area contributed by atoms with E-state index in [9.17, 15) is 9.18 Å². The zero-order chi connectivity index (χ0) is 20.5. The van der Waals surface area contributed by atoms with Crippen molar-refractivity contribution in [1.29, 1.82) is 0 Å². The summed E-state index contributed by atoms with van der Waals surface area (Å²) in [5, 5.41) is 7.97. The monoisotopic (exact) mass is 423 g/mol. The lowest BCUT2D eigenvalue weighted by Crippen LogP contribution is -2.51. The molecule has 1 N–H and O–H groups in total. The van der Waals surface area contributed by atoms with E-state index in [0.717, 1.165) is 49.1 Å². The van der Waals surface area contributed by atoms with Crippen molar-refractivity contribution >= 4 is 17.5 Å². The molecular weight excluding hydrogens is 405 g/mol. The second-order valence-electron chi connectivity index (χ2n) is 8.49. The number of nitrogens with one attached hydrogen (secondary N) is 1. The van der Waals surface area contributed by atoms with Gasteiger partial charge >= 0.3 is 0 Å². The van der Waals surface area contributed by atoms with Crippen molar-refractivity contribution in [2.24, 2.45) is 5.92 Å². The smallest absolute Gasteiger partial charge is 0.272 e. The van der Waals surface area contributed by atoms with Crippen LogP contribution in [0.1, 0.15) is 59.0 Å². The van der Waals surface area contributed by atoms with Crippen molar-refractivity contribution < 1.29 is 9.18 Å². The molecule has 3 aliphatic rings. The van der Waals surface area contributed by atoms with Gasteiger partial charge < -0.3 is 5.32 Å². The van der Waals surface area contributed by atoms with Crippen molar-refractivity contribution in [3.63, 3.8) is 0 Å². The minimum absolute atomic E-state index is 0.0883. The van der Waals surface area contributed by atoms with Gasteiger partial charge in [-0.1, -0.05) is 17.7 Å². The van der Waals surface area contributed by atoms with Crippen molar-refractivity contribution in [2.45, 2.75) is 43.6 Å². The molecule has 30 heavy (non-hydrogen) atoms. The summed E-state index contributed by atoms with van der Waals surface area (Å²) >= 11 is 5.87. The number of halogens is 2. The maximum Gasteiger partial charge on any atom is 0.272 e. The summed E-state index contributed by atoms with van der Waals surface area (Å²) in [6.07, 6.45) is 7.72. The number of nitrogens with zero attached hydrogens (tertiary/aromatic N) is 4. The van der Waals surface area contributed by atoms with Crippen LogP contribution in [0.3, 0.4) is 0 Å². The Bertz CT molecular complexity index is 1170. The zero-order valence-electron chi connectivity index (χ0n) is 16.1. The second-order valence-corrected chi connectivity index (χ2v) is 8.93. The first-order valence-electron chi connectivity index (χ1n) is 10.2. The molecule has 2 atom stereocenters. The van der Waals surface area contributed by atoms with Crippen LogP contribution in [0, 0.1) is 11.7 Å². The highest BCUT2D eigenvalue weighted by Gasteiger charge is 2.51. The van der Waals surface area contributed by atoms with Crippen LogP contribution in [0.15, 0.2) is 36.7 Å². The SMILES string of the molecule is O=C(NC1(c2ccccn2)CCC1)c1nn(-c2ncc(Cl)cc2F)c2c1C[C@H]1C[C@@H]21. The molecule has 0 bridgehead atoms. The number of carbonyl (C=O) groups excluding carboxylic acids is 1. The van der Waals surface area contributed by atoms with Gasteiger partial charge in [-0.05, 0) is 56.2 Å². The van der Waals surface area contributed by atoms with E-state index in [-0.39, 0.29) is 16.7 Å². The minimum atomic E-state index is -0.548. The Balaban J connectivity index is 1.39. The molecule has 6 rings (SSSR count). The molecule has 3 aromatic rings. The number of rotatable bonds is 4. The van der Waals surface area contributed by atoms with Crippen molar-refractivity contribution in [3.05, 3.63) is 70.1 Å². The summed E-state index contributed by atoms with van der Waals surface area (Å²) in [6.45, 7) is 0. The number of hydrogen-bond donors (Lipinski definition) is 1. The van der Waals surface area contributed by atoms with E-state index in [2.05, 4.69) is 20.4 Å². The normalized spacial score (nSPS) is 22.7. The van der Waals surface area contributed by atoms with Gasteiger partial charge in [-0.25, -0.2) is 14.1 Å². The number of pyridine rings is 2. The van der Waals surface area contributed by atoms with E-state index in [1.165, 1.54) is 16.9 Å². The van der Waals surface area contributed by atoms with Crippen LogP contribution in [-0.2, 0) is 12.0 Å². The van der Waals surface area contributed by atoms with Crippen LogP contribution in [0.2, 0.25) is 5.02 Å². The second kappa shape index (κ2) is 6.35. The fourth-order valence-corrected chi connectivity index (χ4v) is 5.07. The third-order valence-corrected chi connectivity index (χ3v) is 6.89. The lowest BCUT2D eigenvalue weighted by molar-refractivity contribution is 0.0810. The number of hydrogen-bond acceptors (Lipinski definition) is 4. The Morgan fingerprint density at radius 2 is 2.17 bits per heavy atom. The molecule has 0 unspecified atom stereocenters. The van der Waals surface area contributed by atoms with Gasteiger partial charge in [0, 0.05) is 23.9 Å². The van der Waals surface area contributed by atoms with E-state index in [0.29, 0.717) is 17.5 Å². The van der Waals surface area contributed by atoms with Crippen LogP contribution in [0.5, 0.6) is 0 Å². The molecule has 152 valence electrons. The lowest BCUT2D eigenvalue weighted by atomic mass is 9.74. The van der Waals surface area contributed by atoms with Crippen LogP contribution < -0.4 is 5.32 Å². The molecule has 3 aliphatic carbocycles. The van der Waals surface area contributed by atoms with Gasteiger partial charge in [0.25, 0.3) is 5.91 Å². The van der Waals surface area contributed by atoms with Crippen molar-refractivity contribution in [3.8, 4) is 5.82 Å². The Hall–Kier alpha value is -2.80. The zero-order valence-corrected chi connectivity index (χ0v) is 16.9. The average Bonchev–Trinajstić information content (AvgIpc) is 3.21. The largest absolute Gasteiger partial charge is 0.340 e. The third kappa shape index (κ3) is 2.61. The van der Waals surface area contributed by atoms with Gasteiger partial charge in [-0.3, -0.25) is 9.78 Å². The molecule has 2 saturated carbocycles. The molecule has 8 heteroatoms. The molecule has 0 aliphatic heterocycles. The molecule has 0 spiro atoms. The summed E-state index contributed by atoms with van der Waals surface area (Å²) in [6, 6.07) is 6.97. The number of carbonyl (C=O) groups is 1. The first kappa shape index (κ1) is 18.0. The highest BCUT2D eigenvalue weighted by molar-refractivity contribution is 6.30. The van der Waals surface area contributed by atoms with Crippen LogP contribution >= 0.6 is 11.6 Å². The highest BCUT2D eigenvalue weighted by atomic mass is 35.5. The summed E-state index contributed by atoms with van der Waals surface area (Å²) in [5.74, 6) is 0.142. The van der Waals surface area contributed by atoms with E-state index in [4.69, 9.17) is 11.6 Å². The third-order valence-electron chi connectivity index (χ3n) is 6.68. The lowest BCUT2D eigenvalue weighted by Gasteiger charge is -2.41. The number of fused-ring (bicyclic) bond motifs is 3. The van der Waals surface area contributed by atoms with E-state index in [1.807, 2.05) is 18.2 Å². The van der Waals surface area contributed by atoms with Gasteiger partial charge in [0.1, 0.15) is 0 Å². The predicted octanol–water partition coefficient (Wildman–Crippen LogP) is 3.92. The Labute approximate surface area is 177 Å². The molecular formula is C22H19ClFN5O. The molecule has 3 aromatic heterocycles. The van der Waals surface area contributed by atoms with Crippen LogP contribution in [-0.4, -0.2) is 25.7 Å². The molecule has 1 amide bonds. The first-order valence-corrected chi connectivity index (χ1v) is 10.6. The van der Waals surface area contributed by atoms with E-state index in [1.54, 1.807) is 6.20 Å². The number of aromatic nitrogens is 4. The van der Waals surface area contributed by atoms with Crippen molar-refractivity contribution in [2.75, 3.05) is 0 Å². The molecule has 3 heterocycles. The van der Waals surface area contributed by atoms with E-state index >= 15 is 0 Å². The van der Waals surface area contributed by atoms with Gasteiger partial charge in [0.2, 0.25) is 0 Å². The molecule has 0 radical (unpaired) electrons. The summed E-state index contributed by atoms with van der Waals surface area (Å²) in [4.78, 5) is 22.0.